The number of rotatable bonds is 1. The summed E-state index contributed by atoms with van der Waals surface area (Å²) in [5.41, 5.74) is 0.0581. The van der Waals surface area contributed by atoms with Gasteiger partial charge in [-0.2, -0.15) is 0 Å². The molecule has 0 radical (unpaired) electrons. The van der Waals surface area contributed by atoms with Gasteiger partial charge in [0.05, 0.1) is 0 Å². The fourth-order valence-electron chi connectivity index (χ4n) is 0.784. The van der Waals surface area contributed by atoms with Crippen molar-refractivity contribution in [1.29, 1.82) is 0 Å². The van der Waals surface area contributed by atoms with Gasteiger partial charge in [0.15, 0.2) is 0 Å². The van der Waals surface area contributed by atoms with E-state index >= 15 is 0 Å². The van der Waals surface area contributed by atoms with Gasteiger partial charge in [0.2, 0.25) is 5.28 Å². The summed E-state index contributed by atoms with van der Waals surface area (Å²) in [5, 5.41) is -0.183. The zero-order valence-corrected chi connectivity index (χ0v) is 9.65. The van der Waals surface area contributed by atoms with Crippen LogP contribution >= 0.6 is 34.8 Å². The lowest BCUT2D eigenvalue weighted by Crippen LogP contribution is -2.23. The molecular weight excluding hydrogens is 248 g/mol. The van der Waals surface area contributed by atoms with Crippen molar-refractivity contribution in [3.63, 3.8) is 0 Å². The summed E-state index contributed by atoms with van der Waals surface area (Å²) in [5.74, 6) is -0.364. The molecule has 1 rings (SSSR count). The second-order valence-electron chi connectivity index (χ2n) is 2.65. The monoisotopic (exact) mass is 253 g/mol. The molecule has 0 bridgehead atoms. The Bertz CT molecular complexity index is 357. The van der Waals surface area contributed by atoms with E-state index in [4.69, 9.17) is 34.8 Å². The lowest BCUT2D eigenvalue weighted by molar-refractivity contribution is 0.0827. The van der Waals surface area contributed by atoms with Crippen molar-refractivity contribution in [3.8, 4) is 0 Å². The molecule has 1 amide bonds. The number of aromatic nitrogens is 2. The Labute approximate surface area is 95.8 Å². The van der Waals surface area contributed by atoms with Gasteiger partial charge in [-0.15, -0.1) is 0 Å². The molecule has 0 spiro atoms. The van der Waals surface area contributed by atoms with E-state index in [-0.39, 0.29) is 27.1 Å². The van der Waals surface area contributed by atoms with E-state index in [0.29, 0.717) is 0 Å². The predicted octanol–water partition coefficient (Wildman–Crippen LogP) is 2.14. The summed E-state index contributed by atoms with van der Waals surface area (Å²) in [7, 11) is 3.15. The van der Waals surface area contributed by atoms with Crippen LogP contribution in [0.3, 0.4) is 0 Å². The van der Waals surface area contributed by atoms with Crippen LogP contribution in [0.1, 0.15) is 10.4 Å². The third kappa shape index (κ3) is 2.26. The number of hydrogen-bond donors (Lipinski definition) is 0. The molecule has 0 atom stereocenters. The Balaban J connectivity index is 3.28. The van der Waals surface area contributed by atoms with Crippen LogP contribution < -0.4 is 0 Å². The zero-order chi connectivity index (χ0) is 10.9. The van der Waals surface area contributed by atoms with Crippen LogP contribution in [0.25, 0.3) is 0 Å². The molecule has 7 heteroatoms. The molecular formula is C7H6Cl3N3O. The number of nitrogens with zero attached hydrogens (tertiary/aromatic N) is 3. The van der Waals surface area contributed by atoms with Gasteiger partial charge in [0.1, 0.15) is 15.9 Å². The first kappa shape index (κ1) is 11.5. The Morgan fingerprint density at radius 3 is 1.93 bits per heavy atom. The number of amides is 1. The lowest BCUT2D eigenvalue weighted by Gasteiger charge is -2.11. The summed E-state index contributed by atoms with van der Waals surface area (Å²) in [6.45, 7) is 0. The second kappa shape index (κ2) is 4.29. The standard InChI is InChI=1S/C7H6Cl3N3O/c1-13(2)6(14)3-4(8)11-7(10)12-5(3)9/h1-2H3. The molecule has 76 valence electrons. The summed E-state index contributed by atoms with van der Waals surface area (Å²) in [4.78, 5) is 20.1. The maximum Gasteiger partial charge on any atom is 0.259 e. The second-order valence-corrected chi connectivity index (χ2v) is 3.70. The molecule has 1 heterocycles. The van der Waals surface area contributed by atoms with Crippen molar-refractivity contribution >= 4 is 40.7 Å². The third-order valence-electron chi connectivity index (χ3n) is 1.41. The van der Waals surface area contributed by atoms with Crippen molar-refractivity contribution < 1.29 is 4.79 Å². The van der Waals surface area contributed by atoms with Crippen molar-refractivity contribution in [3.05, 3.63) is 21.2 Å². The van der Waals surface area contributed by atoms with Crippen LogP contribution in [0.2, 0.25) is 15.6 Å². The van der Waals surface area contributed by atoms with E-state index in [0.717, 1.165) is 0 Å². The minimum atomic E-state index is -0.364. The Hall–Kier alpha value is -0.580. The van der Waals surface area contributed by atoms with Crippen LogP contribution in [-0.4, -0.2) is 34.9 Å². The van der Waals surface area contributed by atoms with Gasteiger partial charge >= 0.3 is 0 Å². The number of carbonyl (C=O) groups is 1. The molecule has 0 aliphatic carbocycles. The van der Waals surface area contributed by atoms with Crippen molar-refractivity contribution in [1.82, 2.24) is 14.9 Å². The van der Waals surface area contributed by atoms with Crippen LogP contribution in [0.5, 0.6) is 0 Å². The highest BCUT2D eigenvalue weighted by Crippen LogP contribution is 2.23. The predicted molar refractivity (Wildman–Crippen MR) is 55.1 cm³/mol. The maximum absolute atomic E-state index is 11.5. The number of hydrogen-bond acceptors (Lipinski definition) is 3. The first-order chi connectivity index (χ1) is 6.43. The van der Waals surface area contributed by atoms with E-state index in [1.165, 1.54) is 4.90 Å². The highest BCUT2D eigenvalue weighted by molar-refractivity contribution is 6.39. The Morgan fingerprint density at radius 2 is 1.57 bits per heavy atom. The molecule has 4 nitrogen and oxygen atoms in total. The first-order valence-electron chi connectivity index (χ1n) is 3.53. The molecule has 0 unspecified atom stereocenters. The topological polar surface area (TPSA) is 46.1 Å². The van der Waals surface area contributed by atoms with E-state index in [1.807, 2.05) is 0 Å². The minimum absolute atomic E-state index is 0.0475. The Morgan fingerprint density at radius 1 is 1.14 bits per heavy atom. The molecule has 0 saturated carbocycles. The fourth-order valence-corrected chi connectivity index (χ4v) is 1.59. The highest BCUT2D eigenvalue weighted by atomic mass is 35.5. The van der Waals surface area contributed by atoms with E-state index in [9.17, 15) is 4.79 Å². The van der Waals surface area contributed by atoms with Crippen LogP contribution in [0, 0.1) is 0 Å². The molecule has 0 aromatic carbocycles. The van der Waals surface area contributed by atoms with Gasteiger partial charge in [-0.25, -0.2) is 9.97 Å². The van der Waals surface area contributed by atoms with Gasteiger partial charge in [0.25, 0.3) is 5.91 Å². The van der Waals surface area contributed by atoms with Crippen molar-refractivity contribution in [2.75, 3.05) is 14.1 Å². The molecule has 0 N–H and O–H groups in total. The first-order valence-corrected chi connectivity index (χ1v) is 4.67. The summed E-state index contributed by atoms with van der Waals surface area (Å²) in [6, 6.07) is 0. The molecule has 1 aromatic rings. The molecule has 0 aliphatic heterocycles. The van der Waals surface area contributed by atoms with Gasteiger partial charge in [-0.1, -0.05) is 23.2 Å². The van der Waals surface area contributed by atoms with Crippen LogP contribution in [0.4, 0.5) is 0 Å². The van der Waals surface area contributed by atoms with Gasteiger partial charge < -0.3 is 4.90 Å². The quantitative estimate of drug-likeness (QED) is 0.570. The van der Waals surface area contributed by atoms with Gasteiger partial charge in [0, 0.05) is 14.1 Å². The lowest BCUT2D eigenvalue weighted by atomic mass is 10.3. The largest absolute Gasteiger partial charge is 0.345 e. The summed E-state index contributed by atoms with van der Waals surface area (Å²) >= 11 is 16.9. The Kier molecular flexibility index (Phi) is 3.53. The molecule has 0 saturated heterocycles. The van der Waals surface area contributed by atoms with E-state index in [1.54, 1.807) is 14.1 Å². The van der Waals surface area contributed by atoms with Gasteiger partial charge in [-0.05, 0) is 11.6 Å². The number of carbonyl (C=O) groups excluding carboxylic acids is 1. The highest BCUT2D eigenvalue weighted by Gasteiger charge is 2.19. The average molecular weight is 255 g/mol. The van der Waals surface area contributed by atoms with Crippen molar-refractivity contribution in [2.24, 2.45) is 0 Å². The third-order valence-corrected chi connectivity index (χ3v) is 2.13. The minimum Gasteiger partial charge on any atom is -0.345 e. The molecule has 14 heavy (non-hydrogen) atoms. The maximum atomic E-state index is 11.5. The van der Waals surface area contributed by atoms with Crippen molar-refractivity contribution in [2.45, 2.75) is 0 Å². The molecule has 1 aromatic heterocycles. The van der Waals surface area contributed by atoms with E-state index in [2.05, 4.69) is 9.97 Å². The SMILES string of the molecule is CN(C)C(=O)c1c(Cl)nc(Cl)nc1Cl. The summed E-state index contributed by atoms with van der Waals surface area (Å²) < 4.78 is 0. The van der Waals surface area contributed by atoms with Crippen LogP contribution in [-0.2, 0) is 0 Å². The zero-order valence-electron chi connectivity index (χ0n) is 7.38. The molecule has 0 aliphatic rings. The van der Waals surface area contributed by atoms with Gasteiger partial charge in [-0.3, -0.25) is 4.79 Å². The molecule has 0 fully saturated rings. The number of halogens is 3. The fraction of sp³-hybridized carbons (Fsp3) is 0.286. The average Bonchev–Trinajstić information content (AvgIpc) is 2.01. The van der Waals surface area contributed by atoms with E-state index < -0.39 is 0 Å². The summed E-state index contributed by atoms with van der Waals surface area (Å²) in [6.07, 6.45) is 0. The smallest absolute Gasteiger partial charge is 0.259 e. The normalized spacial score (nSPS) is 10.1. The van der Waals surface area contributed by atoms with Crippen LogP contribution in [0.15, 0.2) is 0 Å².